The van der Waals surface area contributed by atoms with Crippen molar-refractivity contribution in [3.8, 4) is 22.8 Å². The van der Waals surface area contributed by atoms with Gasteiger partial charge in [0.1, 0.15) is 11.5 Å². The van der Waals surface area contributed by atoms with Crippen LogP contribution >= 0.6 is 0 Å². The number of rotatable bonds is 3. The maximum atomic E-state index is 12.0. The lowest BCUT2D eigenvalue weighted by Crippen LogP contribution is -2.32. The lowest BCUT2D eigenvalue weighted by atomic mass is 10.1. The molecule has 1 aliphatic heterocycles. The van der Waals surface area contributed by atoms with Crippen LogP contribution in [-0.4, -0.2) is 42.4 Å². The van der Waals surface area contributed by atoms with Gasteiger partial charge in [-0.3, -0.25) is 4.79 Å². The first-order valence-electron chi connectivity index (χ1n) is 7.05. The van der Waals surface area contributed by atoms with Crippen molar-refractivity contribution in [1.29, 1.82) is 0 Å². The van der Waals surface area contributed by atoms with Crippen LogP contribution in [0.5, 0.6) is 11.5 Å². The molecule has 2 aromatic rings. The van der Waals surface area contributed by atoms with Gasteiger partial charge >= 0.3 is 6.09 Å². The van der Waals surface area contributed by atoms with Gasteiger partial charge in [0.25, 0.3) is 5.91 Å². The van der Waals surface area contributed by atoms with Crippen LogP contribution in [0.25, 0.3) is 11.3 Å². The fourth-order valence-electron chi connectivity index (χ4n) is 2.81. The Morgan fingerprint density at radius 3 is 2.65 bits per heavy atom. The van der Waals surface area contributed by atoms with Gasteiger partial charge in [-0.25, -0.2) is 9.36 Å². The molecule has 7 heteroatoms. The van der Waals surface area contributed by atoms with Crippen LogP contribution in [0.4, 0.5) is 4.79 Å². The van der Waals surface area contributed by atoms with Gasteiger partial charge in [-0.2, -0.15) is 0 Å². The average Bonchev–Trinajstić information content (AvgIpc) is 2.95. The van der Waals surface area contributed by atoms with Crippen molar-refractivity contribution in [3.05, 3.63) is 35.5 Å². The number of carboxylic acid groups (broad SMARTS) is 1. The number of ether oxygens (including phenoxy) is 2. The third-order valence-electron chi connectivity index (χ3n) is 3.87. The Kier molecular flexibility index (Phi) is 3.69. The Balaban J connectivity index is 2.24. The standard InChI is InChI=1S/C16H16N2O5/c1-22-9-3-4-10(14(7-9)23-2)13-8-11-12(18(13)16(20)21)5-6-17-15(11)19/h3-4,7-8H,5-6H2,1-2H3,(H,17,19)(H,20,21). The summed E-state index contributed by atoms with van der Waals surface area (Å²) in [5.41, 5.74) is 1.86. The predicted molar refractivity (Wildman–Crippen MR) is 82.4 cm³/mol. The maximum absolute atomic E-state index is 12.0. The van der Waals surface area contributed by atoms with Crippen LogP contribution in [-0.2, 0) is 6.42 Å². The van der Waals surface area contributed by atoms with Gasteiger partial charge in [-0.05, 0) is 18.2 Å². The van der Waals surface area contributed by atoms with Crippen LogP contribution in [0.3, 0.4) is 0 Å². The first kappa shape index (κ1) is 15.0. The number of methoxy groups -OCH3 is 2. The van der Waals surface area contributed by atoms with Gasteiger partial charge in [0.05, 0.1) is 25.5 Å². The molecule has 0 bridgehead atoms. The van der Waals surface area contributed by atoms with E-state index in [0.717, 1.165) is 4.57 Å². The second kappa shape index (κ2) is 5.68. The van der Waals surface area contributed by atoms with Crippen LogP contribution < -0.4 is 14.8 Å². The molecule has 1 amide bonds. The molecule has 0 unspecified atom stereocenters. The summed E-state index contributed by atoms with van der Waals surface area (Å²) in [7, 11) is 3.04. The molecule has 23 heavy (non-hydrogen) atoms. The Hall–Kier alpha value is -2.96. The fourth-order valence-corrected chi connectivity index (χ4v) is 2.81. The zero-order valence-electron chi connectivity index (χ0n) is 12.8. The zero-order chi connectivity index (χ0) is 16.6. The fraction of sp³-hybridized carbons (Fsp3) is 0.250. The van der Waals surface area contributed by atoms with E-state index in [9.17, 15) is 14.7 Å². The van der Waals surface area contributed by atoms with Gasteiger partial charge < -0.3 is 19.9 Å². The number of carbonyl (C=O) groups excluding carboxylic acids is 1. The minimum Gasteiger partial charge on any atom is -0.497 e. The van der Waals surface area contributed by atoms with E-state index in [0.29, 0.717) is 47.0 Å². The van der Waals surface area contributed by atoms with Gasteiger partial charge in [0, 0.05) is 30.3 Å². The molecule has 0 saturated heterocycles. The number of nitrogens with one attached hydrogen (secondary N) is 1. The van der Waals surface area contributed by atoms with E-state index < -0.39 is 6.09 Å². The number of amides is 1. The topological polar surface area (TPSA) is 89.8 Å². The van der Waals surface area contributed by atoms with E-state index in [4.69, 9.17) is 9.47 Å². The summed E-state index contributed by atoms with van der Waals surface area (Å²) in [6, 6.07) is 6.70. The number of benzene rings is 1. The highest BCUT2D eigenvalue weighted by Gasteiger charge is 2.28. The average molecular weight is 316 g/mol. The highest BCUT2D eigenvalue weighted by molar-refractivity contribution is 6.00. The number of nitrogens with zero attached hydrogens (tertiary/aromatic N) is 1. The van der Waals surface area contributed by atoms with Crippen molar-refractivity contribution in [2.45, 2.75) is 6.42 Å². The van der Waals surface area contributed by atoms with E-state index in [1.54, 1.807) is 24.3 Å². The molecule has 0 atom stereocenters. The van der Waals surface area contributed by atoms with Gasteiger partial charge in [-0.15, -0.1) is 0 Å². The summed E-state index contributed by atoms with van der Waals surface area (Å²) in [6.45, 7) is 0.419. The predicted octanol–water partition coefficient (Wildman–Crippen LogP) is 1.98. The number of hydrogen-bond donors (Lipinski definition) is 2. The molecule has 1 aromatic heterocycles. The van der Waals surface area contributed by atoms with E-state index in [1.807, 2.05) is 0 Å². The summed E-state index contributed by atoms with van der Waals surface area (Å²) in [6.07, 6.45) is -0.667. The number of carbonyl (C=O) groups is 2. The molecule has 2 heterocycles. The third-order valence-corrected chi connectivity index (χ3v) is 3.87. The molecule has 1 aliphatic rings. The van der Waals surface area contributed by atoms with Gasteiger partial charge in [-0.1, -0.05) is 0 Å². The summed E-state index contributed by atoms with van der Waals surface area (Å²) in [5.74, 6) is 0.809. The van der Waals surface area contributed by atoms with E-state index in [-0.39, 0.29) is 5.91 Å². The first-order chi connectivity index (χ1) is 11.1. The highest BCUT2D eigenvalue weighted by Crippen LogP contribution is 2.36. The Morgan fingerprint density at radius 1 is 1.22 bits per heavy atom. The minimum atomic E-state index is -1.13. The summed E-state index contributed by atoms with van der Waals surface area (Å²) < 4.78 is 11.7. The second-order valence-electron chi connectivity index (χ2n) is 5.08. The minimum absolute atomic E-state index is 0.264. The van der Waals surface area contributed by atoms with Crippen molar-refractivity contribution in [3.63, 3.8) is 0 Å². The molecule has 0 saturated carbocycles. The SMILES string of the molecule is COc1ccc(-c2cc3c(n2C(=O)O)CCNC3=O)c(OC)c1. The van der Waals surface area contributed by atoms with E-state index in [2.05, 4.69) is 5.32 Å². The molecule has 2 N–H and O–H groups in total. The molecule has 0 aliphatic carbocycles. The number of fused-ring (bicyclic) bond motifs is 1. The largest absolute Gasteiger partial charge is 0.497 e. The highest BCUT2D eigenvalue weighted by atomic mass is 16.5. The third kappa shape index (κ3) is 2.40. The first-order valence-corrected chi connectivity index (χ1v) is 7.05. The van der Waals surface area contributed by atoms with Crippen LogP contribution in [0.2, 0.25) is 0 Å². The van der Waals surface area contributed by atoms with E-state index in [1.165, 1.54) is 14.2 Å². The number of aromatic nitrogens is 1. The van der Waals surface area contributed by atoms with Crippen molar-refractivity contribution in [2.75, 3.05) is 20.8 Å². The Morgan fingerprint density at radius 2 is 2.00 bits per heavy atom. The van der Waals surface area contributed by atoms with Crippen molar-refractivity contribution in [1.82, 2.24) is 9.88 Å². The molecular formula is C16H16N2O5. The van der Waals surface area contributed by atoms with Crippen LogP contribution in [0.15, 0.2) is 24.3 Å². The van der Waals surface area contributed by atoms with Crippen molar-refractivity contribution in [2.24, 2.45) is 0 Å². The molecule has 7 nitrogen and oxygen atoms in total. The summed E-state index contributed by atoms with van der Waals surface area (Å²) in [4.78, 5) is 23.7. The number of hydrogen-bond acceptors (Lipinski definition) is 4. The monoisotopic (exact) mass is 316 g/mol. The Labute approximate surface area is 132 Å². The van der Waals surface area contributed by atoms with Crippen molar-refractivity contribution >= 4 is 12.0 Å². The zero-order valence-corrected chi connectivity index (χ0v) is 12.8. The molecule has 120 valence electrons. The lowest BCUT2D eigenvalue weighted by Gasteiger charge is -2.15. The molecule has 3 rings (SSSR count). The summed E-state index contributed by atoms with van der Waals surface area (Å²) >= 11 is 0. The molecule has 0 spiro atoms. The molecular weight excluding hydrogens is 300 g/mol. The molecule has 1 aromatic carbocycles. The van der Waals surface area contributed by atoms with Gasteiger partial charge in [0.15, 0.2) is 0 Å². The molecule has 0 fully saturated rings. The second-order valence-corrected chi connectivity index (χ2v) is 5.08. The van der Waals surface area contributed by atoms with Gasteiger partial charge in [0.2, 0.25) is 0 Å². The summed E-state index contributed by atoms with van der Waals surface area (Å²) in [5, 5.41) is 12.3. The quantitative estimate of drug-likeness (QED) is 0.904. The van der Waals surface area contributed by atoms with E-state index >= 15 is 0 Å². The van der Waals surface area contributed by atoms with Crippen LogP contribution in [0, 0.1) is 0 Å². The van der Waals surface area contributed by atoms with Crippen molar-refractivity contribution < 1.29 is 24.2 Å². The Bertz CT molecular complexity index is 794. The normalized spacial score (nSPS) is 13.2. The van der Waals surface area contributed by atoms with Crippen LogP contribution in [0.1, 0.15) is 16.1 Å². The smallest absolute Gasteiger partial charge is 0.416 e. The molecule has 0 radical (unpaired) electrons. The maximum Gasteiger partial charge on any atom is 0.416 e. The lowest BCUT2D eigenvalue weighted by molar-refractivity contribution is 0.0945.